The molecule has 1 aliphatic rings. The molecule has 292 valence electrons. The Hall–Kier alpha value is -6.47. The highest BCUT2D eigenvalue weighted by Gasteiger charge is 2.29. The van der Waals surface area contributed by atoms with E-state index in [1.54, 1.807) is 20.3 Å². The fourth-order valence-electron chi connectivity index (χ4n) is 6.80. The maximum Gasteiger partial charge on any atom is 0.328 e. The van der Waals surface area contributed by atoms with Gasteiger partial charge < -0.3 is 41.2 Å². The zero-order chi connectivity index (χ0) is 40.4. The van der Waals surface area contributed by atoms with Crippen LogP contribution in [0, 0.1) is 0 Å². The van der Waals surface area contributed by atoms with Crippen LogP contribution >= 0.6 is 0 Å². The summed E-state index contributed by atoms with van der Waals surface area (Å²) in [5, 5.41) is 13.9. The largest absolute Gasteiger partial charge is 0.496 e. The number of rotatable bonds is 7. The van der Waals surface area contributed by atoms with Gasteiger partial charge >= 0.3 is 5.97 Å². The molecule has 5 rings (SSSR count). The third-order valence-corrected chi connectivity index (χ3v) is 9.40. The number of carbonyl (C=O) groups is 5. The van der Waals surface area contributed by atoms with Crippen LogP contribution in [-0.4, -0.2) is 69.6 Å². The van der Waals surface area contributed by atoms with E-state index in [2.05, 4.69) is 27.8 Å². The summed E-state index contributed by atoms with van der Waals surface area (Å²) in [6.07, 6.45) is 6.38. The molecular weight excluding hydrogens is 715 g/mol. The molecular formula is C43H47N5O8. The molecule has 0 spiro atoms. The van der Waals surface area contributed by atoms with Gasteiger partial charge in [0.15, 0.2) is 0 Å². The topological polar surface area (TPSA) is 187 Å². The minimum absolute atomic E-state index is 0.0362. The summed E-state index contributed by atoms with van der Waals surface area (Å²) in [6, 6.07) is 17.3. The fraction of sp³-hybridized carbons (Fsp3) is 0.279. The lowest BCUT2D eigenvalue weighted by molar-refractivity contribution is -0.144. The van der Waals surface area contributed by atoms with Gasteiger partial charge in [0.1, 0.15) is 29.3 Å². The quantitative estimate of drug-likeness (QED) is 0.0795. The molecule has 56 heavy (non-hydrogen) atoms. The lowest BCUT2D eigenvalue weighted by Gasteiger charge is -2.24. The van der Waals surface area contributed by atoms with Gasteiger partial charge in [-0.15, -0.1) is 0 Å². The average molecular weight is 762 g/mol. The zero-order valence-electron chi connectivity index (χ0n) is 32.0. The normalized spacial score (nSPS) is 17.7. The molecule has 2 unspecified atom stereocenters. The lowest BCUT2D eigenvalue weighted by Crippen LogP contribution is -2.49. The Morgan fingerprint density at radius 1 is 0.875 bits per heavy atom. The highest BCUT2D eigenvalue weighted by molar-refractivity contribution is 6.11. The first-order valence-corrected chi connectivity index (χ1v) is 18.2. The number of amides is 4. The van der Waals surface area contributed by atoms with Crippen LogP contribution in [0.5, 0.6) is 11.5 Å². The summed E-state index contributed by atoms with van der Waals surface area (Å²) in [7, 11) is 4.36. The van der Waals surface area contributed by atoms with Crippen molar-refractivity contribution in [3.8, 4) is 22.6 Å². The molecule has 13 nitrogen and oxygen atoms in total. The number of benzene rings is 4. The minimum Gasteiger partial charge on any atom is -0.496 e. The van der Waals surface area contributed by atoms with E-state index in [9.17, 15) is 24.0 Å². The van der Waals surface area contributed by atoms with Gasteiger partial charge in [0.05, 0.1) is 27.0 Å². The fourth-order valence-corrected chi connectivity index (χ4v) is 6.80. The number of unbranched alkanes of at least 4 members (excludes halogenated alkanes) is 1. The summed E-state index contributed by atoms with van der Waals surface area (Å²) in [6.45, 7) is 5.35. The van der Waals surface area contributed by atoms with Gasteiger partial charge in [-0.05, 0) is 77.0 Å². The molecule has 4 bridgehead atoms. The lowest BCUT2D eigenvalue weighted by atomic mass is 9.87. The summed E-state index contributed by atoms with van der Waals surface area (Å²) in [4.78, 5) is 66.3. The van der Waals surface area contributed by atoms with E-state index in [-0.39, 0.29) is 24.2 Å². The number of hydrogen-bond acceptors (Lipinski definition) is 9. The Kier molecular flexibility index (Phi) is 13.6. The minimum atomic E-state index is -1.19. The average Bonchev–Trinajstić information content (AvgIpc) is 3.19. The zero-order valence-corrected chi connectivity index (χ0v) is 32.0. The third-order valence-electron chi connectivity index (χ3n) is 9.40. The monoisotopic (exact) mass is 761 g/mol. The number of carbonyl (C=O) groups excluding carboxylic acids is 5. The van der Waals surface area contributed by atoms with Crippen LogP contribution in [0.25, 0.3) is 32.7 Å². The first-order valence-electron chi connectivity index (χ1n) is 18.2. The van der Waals surface area contributed by atoms with E-state index in [0.29, 0.717) is 42.9 Å². The molecule has 4 amide bonds. The van der Waals surface area contributed by atoms with Crippen molar-refractivity contribution in [1.29, 1.82) is 0 Å². The molecule has 0 fully saturated rings. The maximum atomic E-state index is 13.9. The van der Waals surface area contributed by atoms with Gasteiger partial charge in [-0.1, -0.05) is 73.3 Å². The first-order chi connectivity index (χ1) is 27.0. The van der Waals surface area contributed by atoms with Gasteiger partial charge in [0, 0.05) is 24.5 Å². The van der Waals surface area contributed by atoms with Crippen LogP contribution in [0.2, 0.25) is 0 Å². The highest BCUT2D eigenvalue weighted by atomic mass is 16.5. The molecule has 0 aliphatic carbocycles. The van der Waals surface area contributed by atoms with E-state index < -0.39 is 41.7 Å². The van der Waals surface area contributed by atoms with Crippen molar-refractivity contribution in [2.75, 3.05) is 27.9 Å². The Morgan fingerprint density at radius 3 is 2.07 bits per heavy atom. The highest BCUT2D eigenvalue weighted by Crippen LogP contribution is 2.48. The van der Waals surface area contributed by atoms with Crippen LogP contribution in [0.15, 0.2) is 96.9 Å². The number of ether oxygens (including phenoxy) is 3. The first kappa shape index (κ1) is 40.7. The Bertz CT molecular complexity index is 2240. The smallest absolute Gasteiger partial charge is 0.328 e. The van der Waals surface area contributed by atoms with Crippen molar-refractivity contribution >= 4 is 51.1 Å². The van der Waals surface area contributed by atoms with Gasteiger partial charge in [-0.2, -0.15) is 0 Å². The number of nitrogens with two attached hydrogens (primary N) is 1. The molecule has 13 heteroatoms. The second kappa shape index (κ2) is 18.7. The summed E-state index contributed by atoms with van der Waals surface area (Å²) < 4.78 is 17.4. The number of hydrogen-bond donors (Lipinski definition) is 5. The molecule has 4 aromatic carbocycles. The number of nitrogens with one attached hydrogen (secondary N) is 4. The number of methoxy groups -OCH3 is 3. The van der Waals surface area contributed by atoms with Gasteiger partial charge in [0.25, 0.3) is 11.8 Å². The number of fused-ring (bicyclic) bond motifs is 9. The third kappa shape index (κ3) is 9.24. The van der Waals surface area contributed by atoms with E-state index in [1.165, 1.54) is 20.1 Å². The summed E-state index contributed by atoms with van der Waals surface area (Å²) in [5.41, 5.74) is 8.01. The van der Waals surface area contributed by atoms with Gasteiger partial charge in [0.2, 0.25) is 11.8 Å². The van der Waals surface area contributed by atoms with E-state index >= 15 is 0 Å². The van der Waals surface area contributed by atoms with Crippen LogP contribution in [0.1, 0.15) is 37.3 Å². The van der Waals surface area contributed by atoms with Crippen molar-refractivity contribution < 1.29 is 38.2 Å². The molecule has 2 atom stereocenters. The predicted molar refractivity (Wildman–Crippen MR) is 215 cm³/mol. The van der Waals surface area contributed by atoms with Crippen molar-refractivity contribution in [2.45, 2.75) is 51.1 Å². The van der Waals surface area contributed by atoms with Crippen LogP contribution < -0.4 is 36.5 Å². The van der Waals surface area contributed by atoms with E-state index in [0.717, 1.165) is 38.2 Å². The van der Waals surface area contributed by atoms with Crippen molar-refractivity contribution in [3.63, 3.8) is 0 Å². The standard InChI is InChI=1S/C43H47N5O8/c1-25-40(50)47-33(19-12-13-21-44)41(51)48-34(43(53)56-5)20-11-8-16-29-22-27-14-6-9-17-31(27)36(38(29)54-3)37-32-18-10-7-15-28(32)23-30(39(37)55-4)24-35(42(52)45-25)46-26(2)49/h6-11,14-15,17-19,22-23,34-35H,1,12-13,16,20-21,24,44H2,2-5H3,(H,45,52)(H,46,49)(H,47,50)(H,48,51)/b11-8?,33-19+. The SMILES string of the molecule is C=C1NC(=O)C(NC(C)=O)Cc2cc3ccccc3c(c2OC)-c2c(OC)c(cc3ccccc23)CC=CCC(C(=O)OC)NC(=O)/C(=C\CCCN)NC1=O. The van der Waals surface area contributed by atoms with Crippen LogP contribution in [0.4, 0.5) is 0 Å². The molecule has 0 aromatic heterocycles. The molecule has 6 N–H and O–H groups in total. The maximum absolute atomic E-state index is 13.9. The summed E-state index contributed by atoms with van der Waals surface area (Å²) >= 11 is 0. The Balaban J connectivity index is 1.75. The molecule has 4 aromatic rings. The van der Waals surface area contributed by atoms with E-state index in [4.69, 9.17) is 19.9 Å². The molecule has 1 aliphatic heterocycles. The number of esters is 1. The molecule has 0 saturated heterocycles. The second-order valence-electron chi connectivity index (χ2n) is 13.2. The van der Waals surface area contributed by atoms with E-state index in [1.807, 2.05) is 66.7 Å². The van der Waals surface area contributed by atoms with Crippen molar-refractivity contribution in [1.82, 2.24) is 21.3 Å². The van der Waals surface area contributed by atoms with Gasteiger partial charge in [-0.25, -0.2) is 4.79 Å². The van der Waals surface area contributed by atoms with Gasteiger partial charge in [-0.3, -0.25) is 19.2 Å². The Labute approximate surface area is 325 Å². The predicted octanol–water partition coefficient (Wildman–Crippen LogP) is 4.25. The number of allylic oxidation sites excluding steroid dienone is 2. The molecule has 0 saturated carbocycles. The summed E-state index contributed by atoms with van der Waals surface area (Å²) in [5.74, 6) is -2.52. The Morgan fingerprint density at radius 2 is 1.48 bits per heavy atom. The molecule has 1 heterocycles. The molecule has 0 radical (unpaired) electrons. The van der Waals surface area contributed by atoms with Crippen LogP contribution in [0.3, 0.4) is 0 Å². The second-order valence-corrected chi connectivity index (χ2v) is 13.2. The van der Waals surface area contributed by atoms with Crippen LogP contribution in [-0.2, 0) is 41.6 Å². The van der Waals surface area contributed by atoms with Crippen molar-refractivity contribution in [2.24, 2.45) is 5.73 Å². The van der Waals surface area contributed by atoms with Crippen molar-refractivity contribution in [3.05, 3.63) is 108 Å².